The SMILES string of the molecule is CC(C)(C)c1ccc(C(=O)NC2CCN(C(=O)c3ccccc3F)CC2)cc1. The number of carbonyl (C=O) groups excluding carboxylic acids is 2. The number of amides is 2. The van der Waals surface area contributed by atoms with Crippen LogP contribution in [0.4, 0.5) is 4.39 Å². The molecule has 0 spiro atoms. The van der Waals surface area contributed by atoms with Gasteiger partial charge in [-0.1, -0.05) is 45.0 Å². The lowest BCUT2D eigenvalue weighted by molar-refractivity contribution is 0.0693. The molecule has 0 saturated carbocycles. The molecule has 1 aliphatic rings. The van der Waals surface area contributed by atoms with E-state index in [1.807, 2.05) is 24.3 Å². The monoisotopic (exact) mass is 382 g/mol. The average Bonchev–Trinajstić information content (AvgIpc) is 2.68. The van der Waals surface area contributed by atoms with Crippen molar-refractivity contribution in [3.63, 3.8) is 0 Å². The Kier molecular flexibility index (Phi) is 5.82. The van der Waals surface area contributed by atoms with Crippen molar-refractivity contribution < 1.29 is 14.0 Å². The van der Waals surface area contributed by atoms with Crippen molar-refractivity contribution in [2.45, 2.75) is 45.1 Å². The van der Waals surface area contributed by atoms with Crippen molar-refractivity contribution in [1.82, 2.24) is 10.2 Å². The van der Waals surface area contributed by atoms with Gasteiger partial charge in [0.2, 0.25) is 0 Å². The first-order valence-electron chi connectivity index (χ1n) is 9.71. The van der Waals surface area contributed by atoms with Gasteiger partial charge in [-0.25, -0.2) is 4.39 Å². The summed E-state index contributed by atoms with van der Waals surface area (Å²) in [5.41, 5.74) is 1.97. The third-order valence-electron chi connectivity index (χ3n) is 5.23. The minimum absolute atomic E-state index is 0.0134. The molecule has 0 bridgehead atoms. The summed E-state index contributed by atoms with van der Waals surface area (Å²) < 4.78 is 13.8. The van der Waals surface area contributed by atoms with Crippen molar-refractivity contribution in [2.75, 3.05) is 13.1 Å². The molecule has 1 heterocycles. The summed E-state index contributed by atoms with van der Waals surface area (Å²) in [7, 11) is 0. The van der Waals surface area contributed by atoms with Crippen LogP contribution in [0.25, 0.3) is 0 Å². The van der Waals surface area contributed by atoms with Crippen LogP contribution in [0.1, 0.15) is 59.9 Å². The second-order valence-corrected chi connectivity index (χ2v) is 8.35. The fourth-order valence-corrected chi connectivity index (χ4v) is 3.42. The Hall–Kier alpha value is -2.69. The number of hydrogen-bond donors (Lipinski definition) is 1. The fourth-order valence-electron chi connectivity index (χ4n) is 3.42. The van der Waals surface area contributed by atoms with E-state index in [-0.39, 0.29) is 28.8 Å². The number of carbonyl (C=O) groups is 2. The smallest absolute Gasteiger partial charge is 0.256 e. The van der Waals surface area contributed by atoms with Gasteiger partial charge in [-0.2, -0.15) is 0 Å². The van der Waals surface area contributed by atoms with E-state index < -0.39 is 5.82 Å². The zero-order chi connectivity index (χ0) is 20.3. The molecular formula is C23H27FN2O2. The van der Waals surface area contributed by atoms with Crippen molar-refractivity contribution in [3.05, 3.63) is 71.0 Å². The maximum Gasteiger partial charge on any atom is 0.256 e. The summed E-state index contributed by atoms with van der Waals surface area (Å²) >= 11 is 0. The van der Waals surface area contributed by atoms with Gasteiger partial charge in [-0.05, 0) is 48.1 Å². The molecule has 2 aromatic rings. The van der Waals surface area contributed by atoms with E-state index in [1.54, 1.807) is 17.0 Å². The largest absolute Gasteiger partial charge is 0.349 e. The average molecular weight is 382 g/mol. The van der Waals surface area contributed by atoms with Gasteiger partial charge < -0.3 is 10.2 Å². The van der Waals surface area contributed by atoms with E-state index in [4.69, 9.17) is 0 Å². The molecule has 0 atom stereocenters. The minimum Gasteiger partial charge on any atom is -0.349 e. The number of rotatable bonds is 3. The minimum atomic E-state index is -0.498. The Morgan fingerprint density at radius 3 is 2.18 bits per heavy atom. The molecule has 148 valence electrons. The third-order valence-corrected chi connectivity index (χ3v) is 5.23. The molecule has 2 amide bonds. The first-order chi connectivity index (χ1) is 13.3. The number of benzene rings is 2. The summed E-state index contributed by atoms with van der Waals surface area (Å²) in [5.74, 6) is -0.887. The van der Waals surface area contributed by atoms with Crippen LogP contribution in [-0.4, -0.2) is 35.8 Å². The van der Waals surface area contributed by atoms with Gasteiger partial charge in [0.15, 0.2) is 0 Å². The molecule has 3 rings (SSSR count). The maximum absolute atomic E-state index is 13.8. The molecular weight excluding hydrogens is 355 g/mol. The van der Waals surface area contributed by atoms with Gasteiger partial charge in [-0.3, -0.25) is 9.59 Å². The van der Waals surface area contributed by atoms with E-state index >= 15 is 0 Å². The van der Waals surface area contributed by atoms with Gasteiger partial charge in [0.25, 0.3) is 11.8 Å². The number of likely N-dealkylation sites (tertiary alicyclic amines) is 1. The summed E-state index contributed by atoms with van der Waals surface area (Å²) in [6.07, 6.45) is 1.32. The summed E-state index contributed by atoms with van der Waals surface area (Å²) in [4.78, 5) is 26.6. The summed E-state index contributed by atoms with van der Waals surface area (Å²) in [6.45, 7) is 7.41. The van der Waals surface area contributed by atoms with Crippen molar-refractivity contribution in [2.24, 2.45) is 0 Å². The summed E-state index contributed by atoms with van der Waals surface area (Å²) in [6, 6.07) is 13.7. The predicted octanol–water partition coefficient (Wildman–Crippen LogP) is 4.16. The van der Waals surface area contributed by atoms with Gasteiger partial charge in [0, 0.05) is 24.7 Å². The molecule has 2 aromatic carbocycles. The lowest BCUT2D eigenvalue weighted by Crippen LogP contribution is -2.46. The lowest BCUT2D eigenvalue weighted by Gasteiger charge is -2.32. The molecule has 1 N–H and O–H groups in total. The Balaban J connectivity index is 1.55. The first-order valence-corrected chi connectivity index (χ1v) is 9.71. The fraction of sp³-hybridized carbons (Fsp3) is 0.391. The first kappa shape index (κ1) is 20.1. The maximum atomic E-state index is 13.8. The van der Waals surface area contributed by atoms with E-state index in [0.29, 0.717) is 31.5 Å². The quantitative estimate of drug-likeness (QED) is 0.867. The van der Waals surface area contributed by atoms with Gasteiger partial charge >= 0.3 is 0 Å². The number of nitrogens with zero attached hydrogens (tertiary/aromatic N) is 1. The topological polar surface area (TPSA) is 49.4 Å². The number of nitrogens with one attached hydrogen (secondary N) is 1. The second-order valence-electron chi connectivity index (χ2n) is 8.35. The molecule has 1 fully saturated rings. The highest BCUT2D eigenvalue weighted by Gasteiger charge is 2.26. The van der Waals surface area contributed by atoms with Gasteiger partial charge in [-0.15, -0.1) is 0 Å². The Morgan fingerprint density at radius 2 is 1.61 bits per heavy atom. The van der Waals surface area contributed by atoms with Crippen LogP contribution in [0, 0.1) is 5.82 Å². The number of hydrogen-bond acceptors (Lipinski definition) is 2. The number of piperidine rings is 1. The van der Waals surface area contributed by atoms with Crippen LogP contribution in [0.15, 0.2) is 48.5 Å². The molecule has 0 aromatic heterocycles. The van der Waals surface area contributed by atoms with Gasteiger partial charge in [0.05, 0.1) is 5.56 Å². The summed E-state index contributed by atoms with van der Waals surface area (Å²) in [5, 5.41) is 3.05. The van der Waals surface area contributed by atoms with E-state index in [2.05, 4.69) is 26.1 Å². The van der Waals surface area contributed by atoms with Crippen LogP contribution in [0.3, 0.4) is 0 Å². The van der Waals surface area contributed by atoms with Crippen LogP contribution in [0.5, 0.6) is 0 Å². The molecule has 0 aliphatic carbocycles. The standard InChI is InChI=1S/C23H27FN2O2/c1-23(2,3)17-10-8-16(9-11-17)21(27)25-18-12-14-26(15-13-18)22(28)19-6-4-5-7-20(19)24/h4-11,18H,12-15H2,1-3H3,(H,25,27). The zero-order valence-electron chi connectivity index (χ0n) is 16.7. The molecule has 0 radical (unpaired) electrons. The molecule has 1 aliphatic heterocycles. The lowest BCUT2D eigenvalue weighted by atomic mass is 9.86. The molecule has 0 unspecified atom stereocenters. The van der Waals surface area contributed by atoms with E-state index in [1.165, 1.54) is 17.7 Å². The highest BCUT2D eigenvalue weighted by molar-refractivity contribution is 5.95. The molecule has 5 heteroatoms. The van der Waals surface area contributed by atoms with Gasteiger partial charge in [0.1, 0.15) is 5.82 Å². The predicted molar refractivity (Wildman–Crippen MR) is 108 cm³/mol. The Bertz CT molecular complexity index is 848. The second kappa shape index (κ2) is 8.13. The molecule has 28 heavy (non-hydrogen) atoms. The van der Waals surface area contributed by atoms with Crippen LogP contribution >= 0.6 is 0 Å². The van der Waals surface area contributed by atoms with E-state index in [0.717, 1.165) is 0 Å². The molecule has 1 saturated heterocycles. The van der Waals surface area contributed by atoms with Crippen LogP contribution < -0.4 is 5.32 Å². The van der Waals surface area contributed by atoms with Crippen molar-refractivity contribution in [1.29, 1.82) is 0 Å². The van der Waals surface area contributed by atoms with Crippen LogP contribution in [-0.2, 0) is 5.41 Å². The van der Waals surface area contributed by atoms with E-state index in [9.17, 15) is 14.0 Å². The normalized spacial score (nSPS) is 15.4. The third kappa shape index (κ3) is 4.58. The Morgan fingerprint density at radius 1 is 1.00 bits per heavy atom. The van der Waals surface area contributed by atoms with Crippen LogP contribution in [0.2, 0.25) is 0 Å². The zero-order valence-corrected chi connectivity index (χ0v) is 16.7. The highest BCUT2D eigenvalue weighted by Crippen LogP contribution is 2.22. The molecule has 4 nitrogen and oxygen atoms in total. The Labute approximate surface area is 165 Å². The number of halogens is 1. The van der Waals surface area contributed by atoms with Crippen molar-refractivity contribution >= 4 is 11.8 Å². The van der Waals surface area contributed by atoms with Crippen molar-refractivity contribution in [3.8, 4) is 0 Å². The highest BCUT2D eigenvalue weighted by atomic mass is 19.1.